The van der Waals surface area contributed by atoms with Crippen LogP contribution in [-0.4, -0.2) is 37.6 Å². The third-order valence-electron chi connectivity index (χ3n) is 2.59. The molecule has 0 unspecified atom stereocenters. The van der Waals surface area contributed by atoms with E-state index in [1.807, 2.05) is 7.05 Å². The lowest BCUT2D eigenvalue weighted by atomic mass is 10.0. The summed E-state index contributed by atoms with van der Waals surface area (Å²) in [4.78, 5) is 2.58. The third-order valence-corrected chi connectivity index (χ3v) is 2.59. The Hall–Kier alpha value is -0.0800. The first-order valence-electron chi connectivity index (χ1n) is 4.73. The summed E-state index contributed by atoms with van der Waals surface area (Å²) in [7, 11) is 2.02. The Balaban J connectivity index is 2.18. The van der Waals surface area contributed by atoms with Crippen molar-refractivity contribution in [3.05, 3.63) is 0 Å². The molecule has 0 amide bonds. The molecule has 1 aliphatic heterocycles. The SMILES string of the molecule is CNCCN1CCCC[C@@H]1C. The molecule has 2 nitrogen and oxygen atoms in total. The summed E-state index contributed by atoms with van der Waals surface area (Å²) < 4.78 is 0. The van der Waals surface area contributed by atoms with Crippen LogP contribution in [0.2, 0.25) is 0 Å². The molecule has 2 heteroatoms. The minimum atomic E-state index is 0.817. The van der Waals surface area contributed by atoms with E-state index in [9.17, 15) is 0 Å². The van der Waals surface area contributed by atoms with Gasteiger partial charge in [-0.2, -0.15) is 0 Å². The van der Waals surface area contributed by atoms with Crippen molar-refractivity contribution in [1.29, 1.82) is 0 Å². The largest absolute Gasteiger partial charge is 0.318 e. The zero-order valence-electron chi connectivity index (χ0n) is 7.77. The molecule has 0 aromatic carbocycles. The lowest BCUT2D eigenvalue weighted by Crippen LogP contribution is -2.40. The lowest BCUT2D eigenvalue weighted by molar-refractivity contribution is 0.162. The molecule has 0 aromatic rings. The molecule has 1 saturated heterocycles. The van der Waals surface area contributed by atoms with Crippen molar-refractivity contribution in [3.8, 4) is 0 Å². The molecule has 11 heavy (non-hydrogen) atoms. The monoisotopic (exact) mass is 156 g/mol. The Morgan fingerprint density at radius 1 is 1.45 bits per heavy atom. The standard InChI is InChI=1S/C9H20N2/c1-9-5-3-4-7-11(9)8-6-10-2/h9-10H,3-8H2,1-2H3/t9-/m0/s1. The van der Waals surface area contributed by atoms with E-state index in [-0.39, 0.29) is 0 Å². The van der Waals surface area contributed by atoms with E-state index in [1.165, 1.54) is 32.4 Å². The summed E-state index contributed by atoms with van der Waals surface area (Å²) in [6, 6.07) is 0.817. The molecule has 0 radical (unpaired) electrons. The van der Waals surface area contributed by atoms with Gasteiger partial charge in [-0.25, -0.2) is 0 Å². The number of likely N-dealkylation sites (N-methyl/N-ethyl adjacent to an activating group) is 1. The average molecular weight is 156 g/mol. The van der Waals surface area contributed by atoms with Crippen LogP contribution in [0.15, 0.2) is 0 Å². The van der Waals surface area contributed by atoms with Crippen LogP contribution in [0, 0.1) is 0 Å². The minimum absolute atomic E-state index is 0.817. The van der Waals surface area contributed by atoms with Crippen LogP contribution >= 0.6 is 0 Å². The second-order valence-electron chi connectivity index (χ2n) is 3.48. The Labute approximate surface area is 70.0 Å². The fourth-order valence-electron chi connectivity index (χ4n) is 1.75. The smallest absolute Gasteiger partial charge is 0.0110 e. The normalized spacial score (nSPS) is 27.3. The molecule has 1 atom stereocenters. The first-order valence-corrected chi connectivity index (χ1v) is 4.73. The molecule has 1 rings (SSSR count). The fraction of sp³-hybridized carbons (Fsp3) is 1.00. The first kappa shape index (κ1) is 9.01. The van der Waals surface area contributed by atoms with Gasteiger partial charge >= 0.3 is 0 Å². The van der Waals surface area contributed by atoms with Crippen LogP contribution in [0.5, 0.6) is 0 Å². The van der Waals surface area contributed by atoms with E-state index in [0.29, 0.717) is 0 Å². The number of hydrogen-bond acceptors (Lipinski definition) is 2. The van der Waals surface area contributed by atoms with Crippen LogP contribution in [-0.2, 0) is 0 Å². The Morgan fingerprint density at radius 2 is 2.27 bits per heavy atom. The zero-order chi connectivity index (χ0) is 8.10. The summed E-state index contributed by atoms with van der Waals surface area (Å²) in [5, 5.41) is 3.19. The summed E-state index contributed by atoms with van der Waals surface area (Å²) in [5.74, 6) is 0. The molecule has 1 N–H and O–H groups in total. The van der Waals surface area contributed by atoms with Gasteiger partial charge in [-0.05, 0) is 33.4 Å². The van der Waals surface area contributed by atoms with Gasteiger partial charge in [-0.3, -0.25) is 4.90 Å². The van der Waals surface area contributed by atoms with Gasteiger partial charge in [-0.15, -0.1) is 0 Å². The Kier molecular flexibility index (Phi) is 3.87. The van der Waals surface area contributed by atoms with Gasteiger partial charge in [0.2, 0.25) is 0 Å². The summed E-state index contributed by atoms with van der Waals surface area (Å²) >= 11 is 0. The second-order valence-corrected chi connectivity index (χ2v) is 3.48. The predicted octanol–water partition coefficient (Wildman–Crippen LogP) is 1.08. The van der Waals surface area contributed by atoms with E-state index in [1.54, 1.807) is 0 Å². The molecule has 0 spiro atoms. The summed E-state index contributed by atoms with van der Waals surface area (Å²) in [6.45, 7) is 6.00. The van der Waals surface area contributed by atoms with Crippen molar-refractivity contribution in [2.75, 3.05) is 26.7 Å². The van der Waals surface area contributed by atoms with Gasteiger partial charge < -0.3 is 5.32 Å². The highest BCUT2D eigenvalue weighted by Crippen LogP contribution is 2.14. The molecule has 66 valence electrons. The molecular formula is C9H20N2. The van der Waals surface area contributed by atoms with Crippen LogP contribution in [0.4, 0.5) is 0 Å². The molecule has 0 aromatic heterocycles. The van der Waals surface area contributed by atoms with Crippen LogP contribution in [0.3, 0.4) is 0 Å². The van der Waals surface area contributed by atoms with Crippen molar-refractivity contribution in [3.63, 3.8) is 0 Å². The molecular weight excluding hydrogens is 136 g/mol. The second kappa shape index (κ2) is 4.73. The highest BCUT2D eigenvalue weighted by Gasteiger charge is 2.16. The maximum Gasteiger partial charge on any atom is 0.0110 e. The minimum Gasteiger partial charge on any atom is -0.318 e. The van der Waals surface area contributed by atoms with Crippen LogP contribution < -0.4 is 5.32 Å². The van der Waals surface area contributed by atoms with Crippen molar-refractivity contribution in [2.24, 2.45) is 0 Å². The van der Waals surface area contributed by atoms with Crippen molar-refractivity contribution in [1.82, 2.24) is 10.2 Å². The molecule has 1 fully saturated rings. The van der Waals surface area contributed by atoms with Gasteiger partial charge in [0, 0.05) is 19.1 Å². The zero-order valence-corrected chi connectivity index (χ0v) is 7.77. The summed E-state index contributed by atoms with van der Waals surface area (Å²) in [6.07, 6.45) is 4.22. The first-order chi connectivity index (χ1) is 5.34. The third kappa shape index (κ3) is 2.80. The number of nitrogens with one attached hydrogen (secondary N) is 1. The van der Waals surface area contributed by atoms with Crippen LogP contribution in [0.25, 0.3) is 0 Å². The Morgan fingerprint density at radius 3 is 2.91 bits per heavy atom. The molecule has 1 heterocycles. The van der Waals surface area contributed by atoms with E-state index in [0.717, 1.165) is 12.6 Å². The van der Waals surface area contributed by atoms with Gasteiger partial charge in [0.1, 0.15) is 0 Å². The number of likely N-dealkylation sites (tertiary alicyclic amines) is 1. The maximum absolute atomic E-state index is 3.19. The predicted molar refractivity (Wildman–Crippen MR) is 48.8 cm³/mol. The molecule has 0 aliphatic carbocycles. The van der Waals surface area contributed by atoms with Gasteiger partial charge in [0.25, 0.3) is 0 Å². The highest BCUT2D eigenvalue weighted by molar-refractivity contribution is 4.72. The molecule has 0 bridgehead atoms. The topological polar surface area (TPSA) is 15.3 Å². The maximum atomic E-state index is 3.19. The van der Waals surface area contributed by atoms with E-state index in [4.69, 9.17) is 0 Å². The molecule has 0 saturated carbocycles. The lowest BCUT2D eigenvalue weighted by Gasteiger charge is -2.33. The van der Waals surface area contributed by atoms with Crippen molar-refractivity contribution < 1.29 is 0 Å². The fourth-order valence-corrected chi connectivity index (χ4v) is 1.75. The van der Waals surface area contributed by atoms with Crippen molar-refractivity contribution >= 4 is 0 Å². The van der Waals surface area contributed by atoms with Gasteiger partial charge in [-0.1, -0.05) is 6.42 Å². The highest BCUT2D eigenvalue weighted by atomic mass is 15.2. The van der Waals surface area contributed by atoms with Crippen LogP contribution in [0.1, 0.15) is 26.2 Å². The number of hydrogen-bond donors (Lipinski definition) is 1. The number of rotatable bonds is 3. The van der Waals surface area contributed by atoms with Gasteiger partial charge in [0.15, 0.2) is 0 Å². The van der Waals surface area contributed by atoms with Gasteiger partial charge in [0.05, 0.1) is 0 Å². The number of piperidine rings is 1. The summed E-state index contributed by atoms with van der Waals surface area (Å²) in [5.41, 5.74) is 0. The Bertz CT molecular complexity index is 104. The molecule has 1 aliphatic rings. The van der Waals surface area contributed by atoms with E-state index in [2.05, 4.69) is 17.1 Å². The van der Waals surface area contributed by atoms with E-state index < -0.39 is 0 Å². The quantitative estimate of drug-likeness (QED) is 0.658. The van der Waals surface area contributed by atoms with Crippen molar-refractivity contribution in [2.45, 2.75) is 32.2 Å². The average Bonchev–Trinajstić information content (AvgIpc) is 2.03. The van der Waals surface area contributed by atoms with E-state index >= 15 is 0 Å². The number of nitrogens with zero attached hydrogens (tertiary/aromatic N) is 1.